The highest BCUT2D eigenvalue weighted by atomic mass is 32.1. The first-order valence-corrected chi connectivity index (χ1v) is 6.40. The van der Waals surface area contributed by atoms with Crippen LogP contribution in [-0.4, -0.2) is 17.0 Å². The van der Waals surface area contributed by atoms with Crippen LogP contribution in [0.3, 0.4) is 0 Å². The normalized spacial score (nSPS) is 10.3. The van der Waals surface area contributed by atoms with Crippen molar-refractivity contribution in [3.05, 3.63) is 51.7 Å². The summed E-state index contributed by atoms with van der Waals surface area (Å²) in [5.41, 5.74) is -0.235. The Balaban J connectivity index is 2.14. The van der Waals surface area contributed by atoms with Gasteiger partial charge in [-0.2, -0.15) is 0 Å². The van der Waals surface area contributed by atoms with Gasteiger partial charge in [-0.25, -0.2) is 13.6 Å². The molecule has 0 atom stereocenters. The second kappa shape index (κ2) is 5.79. The number of benzene rings is 1. The van der Waals surface area contributed by atoms with Crippen molar-refractivity contribution in [2.45, 2.75) is 6.42 Å². The van der Waals surface area contributed by atoms with E-state index in [1.165, 1.54) is 17.5 Å². The van der Waals surface area contributed by atoms with Crippen molar-refractivity contribution in [2.75, 3.05) is 5.32 Å². The molecule has 4 nitrogen and oxygen atoms in total. The predicted octanol–water partition coefficient (Wildman–Crippen LogP) is 2.91. The van der Waals surface area contributed by atoms with Gasteiger partial charge < -0.3 is 10.4 Å². The van der Waals surface area contributed by atoms with E-state index >= 15 is 0 Å². The second-order valence-electron chi connectivity index (χ2n) is 3.89. The predicted molar refractivity (Wildman–Crippen MR) is 70.0 cm³/mol. The lowest BCUT2D eigenvalue weighted by Gasteiger charge is -2.06. The third-order valence-corrected chi connectivity index (χ3v) is 3.43. The topological polar surface area (TPSA) is 66.4 Å². The number of halogens is 2. The molecule has 0 saturated heterocycles. The van der Waals surface area contributed by atoms with Gasteiger partial charge in [-0.05, 0) is 23.6 Å². The Morgan fingerprint density at radius 3 is 2.45 bits per heavy atom. The molecule has 0 saturated carbocycles. The summed E-state index contributed by atoms with van der Waals surface area (Å²) in [7, 11) is 0. The van der Waals surface area contributed by atoms with E-state index in [9.17, 15) is 18.4 Å². The summed E-state index contributed by atoms with van der Waals surface area (Å²) >= 11 is 0.950. The first-order chi connectivity index (χ1) is 9.49. The SMILES string of the molecule is O=C(Cc1c(F)cccc1F)Nc1ccsc1C(=O)O. The number of carbonyl (C=O) groups excluding carboxylic acids is 1. The molecular weight excluding hydrogens is 288 g/mol. The molecule has 0 aliphatic rings. The molecule has 0 radical (unpaired) electrons. The maximum Gasteiger partial charge on any atom is 0.348 e. The average Bonchev–Trinajstić information content (AvgIpc) is 2.82. The van der Waals surface area contributed by atoms with Gasteiger partial charge in [0.25, 0.3) is 0 Å². The Kier molecular flexibility index (Phi) is 4.09. The Hall–Kier alpha value is -2.28. The molecule has 0 bridgehead atoms. The molecule has 1 amide bonds. The third kappa shape index (κ3) is 3.00. The van der Waals surface area contributed by atoms with Crippen molar-refractivity contribution in [1.82, 2.24) is 0 Å². The molecule has 20 heavy (non-hydrogen) atoms. The molecule has 2 aromatic rings. The molecule has 0 unspecified atom stereocenters. The van der Waals surface area contributed by atoms with E-state index in [-0.39, 0.29) is 16.1 Å². The highest BCUT2D eigenvalue weighted by Gasteiger charge is 2.17. The summed E-state index contributed by atoms with van der Waals surface area (Å²) in [5, 5.41) is 12.7. The van der Waals surface area contributed by atoms with E-state index in [0.29, 0.717) is 0 Å². The number of carboxylic acid groups (broad SMARTS) is 1. The standard InChI is InChI=1S/C13H9F2NO3S/c14-8-2-1-3-9(15)7(8)6-11(17)16-10-4-5-20-12(10)13(18)19/h1-5H,6H2,(H,16,17)(H,18,19). The number of carboxylic acids is 1. The van der Waals surface area contributed by atoms with Crippen LogP contribution in [0.1, 0.15) is 15.2 Å². The van der Waals surface area contributed by atoms with Gasteiger partial charge in [-0.1, -0.05) is 6.07 Å². The minimum atomic E-state index is -1.17. The highest BCUT2D eigenvalue weighted by Crippen LogP contribution is 2.22. The molecule has 0 fully saturated rings. The smallest absolute Gasteiger partial charge is 0.348 e. The molecule has 2 N–H and O–H groups in total. The molecule has 0 spiro atoms. The average molecular weight is 297 g/mol. The van der Waals surface area contributed by atoms with E-state index in [4.69, 9.17) is 5.11 Å². The zero-order valence-electron chi connectivity index (χ0n) is 10.0. The molecule has 2 rings (SSSR count). The fourth-order valence-corrected chi connectivity index (χ4v) is 2.32. The Morgan fingerprint density at radius 2 is 1.85 bits per heavy atom. The monoisotopic (exact) mass is 297 g/mol. The number of rotatable bonds is 4. The van der Waals surface area contributed by atoms with E-state index in [1.807, 2.05) is 0 Å². The van der Waals surface area contributed by atoms with Crippen LogP contribution < -0.4 is 5.32 Å². The number of amides is 1. The number of anilines is 1. The number of thiophene rings is 1. The summed E-state index contributed by atoms with van der Waals surface area (Å²) in [4.78, 5) is 22.6. The van der Waals surface area contributed by atoms with Crippen LogP contribution in [0.25, 0.3) is 0 Å². The van der Waals surface area contributed by atoms with E-state index in [2.05, 4.69) is 5.32 Å². The van der Waals surface area contributed by atoms with Gasteiger partial charge in [0.1, 0.15) is 16.5 Å². The number of aromatic carboxylic acids is 1. The molecule has 1 aromatic carbocycles. The van der Waals surface area contributed by atoms with Crippen molar-refractivity contribution in [3.63, 3.8) is 0 Å². The van der Waals surface area contributed by atoms with Crippen molar-refractivity contribution in [2.24, 2.45) is 0 Å². The zero-order chi connectivity index (χ0) is 14.7. The Labute approximate surface area is 116 Å². The van der Waals surface area contributed by atoms with Gasteiger partial charge >= 0.3 is 5.97 Å². The second-order valence-corrected chi connectivity index (χ2v) is 4.81. The molecule has 1 aromatic heterocycles. The van der Waals surface area contributed by atoms with Crippen LogP contribution in [0.5, 0.6) is 0 Å². The summed E-state index contributed by atoms with van der Waals surface area (Å²) in [6.07, 6.45) is -0.507. The number of carbonyl (C=O) groups is 2. The maximum absolute atomic E-state index is 13.4. The van der Waals surface area contributed by atoms with Crippen molar-refractivity contribution < 1.29 is 23.5 Å². The fraction of sp³-hybridized carbons (Fsp3) is 0.0769. The first kappa shape index (κ1) is 14.1. The van der Waals surface area contributed by atoms with Crippen molar-refractivity contribution in [3.8, 4) is 0 Å². The summed E-state index contributed by atoms with van der Waals surface area (Å²) < 4.78 is 26.8. The zero-order valence-corrected chi connectivity index (χ0v) is 10.8. The molecular formula is C13H9F2NO3S. The molecule has 104 valence electrons. The molecule has 0 aliphatic heterocycles. The van der Waals surface area contributed by atoms with Gasteiger partial charge in [0.2, 0.25) is 5.91 Å². The maximum atomic E-state index is 13.4. The van der Waals surface area contributed by atoms with Crippen LogP contribution >= 0.6 is 11.3 Å². The van der Waals surface area contributed by atoms with Gasteiger partial charge in [-0.3, -0.25) is 4.79 Å². The fourth-order valence-electron chi connectivity index (χ4n) is 1.63. The number of nitrogens with one attached hydrogen (secondary N) is 1. The Bertz CT molecular complexity index is 649. The van der Waals surface area contributed by atoms with Gasteiger partial charge in [-0.15, -0.1) is 11.3 Å². The lowest BCUT2D eigenvalue weighted by molar-refractivity contribution is -0.115. The number of hydrogen-bond donors (Lipinski definition) is 2. The minimum Gasteiger partial charge on any atom is -0.477 e. The molecule has 7 heteroatoms. The highest BCUT2D eigenvalue weighted by molar-refractivity contribution is 7.12. The summed E-state index contributed by atoms with van der Waals surface area (Å²) in [5.74, 6) is -3.49. The lowest BCUT2D eigenvalue weighted by atomic mass is 10.1. The van der Waals surface area contributed by atoms with Gasteiger partial charge in [0.05, 0.1) is 12.1 Å². The quantitative estimate of drug-likeness (QED) is 0.912. The van der Waals surface area contributed by atoms with Gasteiger partial charge in [0.15, 0.2) is 0 Å². The summed E-state index contributed by atoms with van der Waals surface area (Å²) in [6.45, 7) is 0. The minimum absolute atomic E-state index is 0.0349. The van der Waals surface area contributed by atoms with E-state index in [1.54, 1.807) is 0 Å². The van der Waals surface area contributed by atoms with E-state index < -0.39 is 29.9 Å². The van der Waals surface area contributed by atoms with Crippen LogP contribution in [-0.2, 0) is 11.2 Å². The van der Waals surface area contributed by atoms with Crippen LogP contribution in [0, 0.1) is 11.6 Å². The van der Waals surface area contributed by atoms with Gasteiger partial charge in [0, 0.05) is 5.56 Å². The van der Waals surface area contributed by atoms with Crippen LogP contribution in [0.2, 0.25) is 0 Å². The Morgan fingerprint density at radius 1 is 1.20 bits per heavy atom. The van der Waals surface area contributed by atoms with Crippen molar-refractivity contribution >= 4 is 28.9 Å². The molecule has 1 heterocycles. The van der Waals surface area contributed by atoms with Crippen molar-refractivity contribution in [1.29, 1.82) is 0 Å². The van der Waals surface area contributed by atoms with Crippen LogP contribution in [0.4, 0.5) is 14.5 Å². The van der Waals surface area contributed by atoms with Crippen LogP contribution in [0.15, 0.2) is 29.6 Å². The summed E-state index contributed by atoms with van der Waals surface area (Å²) in [6, 6.07) is 4.73. The largest absolute Gasteiger partial charge is 0.477 e. The molecule has 0 aliphatic carbocycles. The third-order valence-electron chi connectivity index (χ3n) is 2.53. The number of hydrogen-bond acceptors (Lipinski definition) is 3. The first-order valence-electron chi connectivity index (χ1n) is 5.52. The lowest BCUT2D eigenvalue weighted by Crippen LogP contribution is -2.17. The van der Waals surface area contributed by atoms with E-state index in [0.717, 1.165) is 23.5 Å².